The Morgan fingerprint density at radius 1 is 0.368 bits per heavy atom. The summed E-state index contributed by atoms with van der Waals surface area (Å²) in [5.41, 5.74) is 34.3. The molecule has 24 N–H and O–H groups in total. The van der Waals surface area contributed by atoms with E-state index in [-0.39, 0.29) is 30.5 Å². The molecule has 0 saturated carbocycles. The minimum absolute atomic E-state index is 0. The number of hydrogen-bond donors (Lipinski definition) is 11. The molecule has 1 aliphatic rings. The zero-order valence-electron chi connectivity index (χ0n) is 62.3. The third-order valence-corrected chi connectivity index (χ3v) is 6.75. The molecule has 1 aliphatic heterocycles. The molecule has 2 aromatic rings. The first-order valence-corrected chi connectivity index (χ1v) is 27.7. The van der Waals surface area contributed by atoms with Crippen LogP contribution in [0.15, 0.2) is 60.7 Å². The van der Waals surface area contributed by atoms with Crippen molar-refractivity contribution in [2.45, 2.75) is 196 Å². The first kappa shape index (κ1) is 178. The molecule has 1 heterocycles. The van der Waals surface area contributed by atoms with Gasteiger partial charge in [0, 0.05) is 26.1 Å². The number of rotatable bonds is 5. The number of aryl methyl sites for hydroxylation is 2. The Bertz CT molecular complexity index is 914. The van der Waals surface area contributed by atoms with Gasteiger partial charge in [-0.2, -0.15) is 0 Å². The molecule has 542 valence electrons. The van der Waals surface area contributed by atoms with E-state index in [1.165, 1.54) is 99.0 Å². The fraction of sp³-hybridized carbons (Fsp3) is 0.641. The molecule has 1 fully saturated rings. The first-order valence-electron chi connectivity index (χ1n) is 27.7. The van der Waals surface area contributed by atoms with Crippen molar-refractivity contribution in [3.8, 4) is 0 Å². The molecule has 0 radical (unpaired) electrons. The number of amides is 1. The molecule has 0 unspecified atom stereocenters. The second-order valence-corrected chi connectivity index (χ2v) is 12.7. The number of nitrogens with zero attached hydrogens (tertiary/aromatic N) is 1. The van der Waals surface area contributed by atoms with Gasteiger partial charge >= 0.3 is 0 Å². The van der Waals surface area contributed by atoms with Crippen LogP contribution in [0.4, 0.5) is 0 Å². The SMILES string of the molecule is C=O.C=O.C=O.C=O.C=O.C=O.C=O.C=O.C=O.C=O.CC.CC.CC.CC(=O)N1CCCCC1.CC(C)O.CCC(C)C.CCC(C)C.CCC(C)C.CCc1ccccc1.CCc1ccccc1.CN.CN.CN.CN.CN.CN.CN.N.N.N. The van der Waals surface area contributed by atoms with E-state index in [0.717, 1.165) is 43.7 Å². The van der Waals surface area contributed by atoms with E-state index in [2.05, 4.69) is 165 Å². The minimum atomic E-state index is -0.167. The summed E-state index contributed by atoms with van der Waals surface area (Å²) in [5.74, 6) is 2.88. The average Bonchev–Trinajstić information content (AvgIpc) is 3.62. The van der Waals surface area contributed by atoms with Gasteiger partial charge in [-0.15, -0.1) is 0 Å². The molecule has 1 amide bonds. The molecular formula is C64H159N11O12. The fourth-order valence-corrected chi connectivity index (χ4v) is 2.64. The summed E-state index contributed by atoms with van der Waals surface area (Å²) in [6.45, 7) is 63.3. The van der Waals surface area contributed by atoms with Gasteiger partial charge in [-0.3, -0.25) is 4.79 Å². The summed E-state index contributed by atoms with van der Waals surface area (Å²) in [7, 11) is 10.5. The summed E-state index contributed by atoms with van der Waals surface area (Å²) < 4.78 is 0. The van der Waals surface area contributed by atoms with Crippen molar-refractivity contribution in [1.29, 1.82) is 0 Å². The van der Waals surface area contributed by atoms with Gasteiger partial charge in [0.15, 0.2) is 0 Å². The second kappa shape index (κ2) is 345. The highest BCUT2D eigenvalue weighted by molar-refractivity contribution is 5.73. The molecule has 0 aromatic heterocycles. The Balaban J connectivity index is -0.0000000177. The Hall–Kier alpha value is -5.83. The van der Waals surface area contributed by atoms with Crippen molar-refractivity contribution in [2.24, 2.45) is 57.9 Å². The van der Waals surface area contributed by atoms with E-state index in [1.54, 1.807) is 20.8 Å². The van der Waals surface area contributed by atoms with Gasteiger partial charge in [0.2, 0.25) is 5.91 Å². The number of aliphatic hydroxyl groups is 1. The van der Waals surface area contributed by atoms with Crippen LogP contribution in [0.2, 0.25) is 0 Å². The molecule has 23 nitrogen and oxygen atoms in total. The normalized spacial score (nSPS) is 6.95. The van der Waals surface area contributed by atoms with Crippen LogP contribution in [0.1, 0.15) is 188 Å². The first-order chi connectivity index (χ1) is 40.7. The quantitative estimate of drug-likeness (QED) is 0.132. The number of likely N-dealkylation sites (tertiary alicyclic amines) is 1. The van der Waals surface area contributed by atoms with Gasteiger partial charge in [-0.1, -0.05) is 198 Å². The highest BCUT2D eigenvalue weighted by Gasteiger charge is 2.11. The fourth-order valence-electron chi connectivity index (χ4n) is 2.64. The van der Waals surface area contributed by atoms with E-state index >= 15 is 0 Å². The molecule has 23 heteroatoms. The standard InChI is InChI=1S/2C8H10.C7H13NO.3C5H12.C3H8O.3C2H6.7CH5N.10CH2O.3H3N/c2*1-2-8-6-4-3-5-7-8;1-7(9)8-5-3-2-4-6-8;3*1-4-5(2)3;1-3(2)4;20*1-2;;;/h2*3-7H,2H2,1H3;2-6H2,1H3;3*5H,4H2,1-3H3;3-4H,1-2H3;3*1-2H3;7*2H2,1H3;10*1H2;3*1H3. The zero-order valence-corrected chi connectivity index (χ0v) is 62.3. The second-order valence-electron chi connectivity index (χ2n) is 12.7. The minimum Gasteiger partial charge on any atom is -0.394 e. The number of nitrogens with two attached hydrogens (primary N) is 7. The monoisotopic (exact) mass is 1270 g/mol. The summed E-state index contributed by atoms with van der Waals surface area (Å²) in [5, 5.41) is 8.06. The van der Waals surface area contributed by atoms with Crippen LogP contribution in [-0.2, 0) is 65.6 Å². The van der Waals surface area contributed by atoms with E-state index < -0.39 is 0 Å². The number of hydrogen-bond acceptors (Lipinski definition) is 22. The van der Waals surface area contributed by atoms with Crippen molar-refractivity contribution < 1.29 is 57.8 Å². The van der Waals surface area contributed by atoms with Crippen LogP contribution in [0, 0.1) is 17.8 Å². The third-order valence-electron chi connectivity index (χ3n) is 6.75. The van der Waals surface area contributed by atoms with Crippen LogP contribution in [0.5, 0.6) is 0 Å². The predicted octanol–water partition coefficient (Wildman–Crippen LogP) is 10.8. The van der Waals surface area contributed by atoms with Gasteiger partial charge in [-0.25, -0.2) is 0 Å². The van der Waals surface area contributed by atoms with Crippen molar-refractivity contribution in [1.82, 2.24) is 23.4 Å². The van der Waals surface area contributed by atoms with Crippen molar-refractivity contribution in [2.75, 3.05) is 62.4 Å². The van der Waals surface area contributed by atoms with Gasteiger partial charge in [0.1, 0.15) is 67.9 Å². The topological polar surface area (TPSA) is 498 Å². The third kappa shape index (κ3) is 473. The lowest BCUT2D eigenvalue weighted by Crippen LogP contribution is -2.33. The largest absolute Gasteiger partial charge is 0.394 e. The molecule has 1 saturated heterocycles. The number of carbonyl (C=O) groups is 11. The summed E-state index contributed by atoms with van der Waals surface area (Å²) in [4.78, 5) is 92.6. The maximum Gasteiger partial charge on any atom is 0.219 e. The number of aliphatic hydroxyl groups excluding tert-OH is 1. The Labute approximate surface area is 541 Å². The predicted molar refractivity (Wildman–Crippen MR) is 392 cm³/mol. The molecule has 0 aliphatic carbocycles. The molecule has 87 heavy (non-hydrogen) atoms. The lowest BCUT2D eigenvalue weighted by Gasteiger charge is -2.24. The van der Waals surface area contributed by atoms with Gasteiger partial charge in [0.25, 0.3) is 0 Å². The molecular weight excluding hydrogens is 1110 g/mol. The van der Waals surface area contributed by atoms with Crippen LogP contribution >= 0.6 is 0 Å². The van der Waals surface area contributed by atoms with E-state index in [9.17, 15) is 4.79 Å². The van der Waals surface area contributed by atoms with Gasteiger partial charge in [0.05, 0.1) is 0 Å². The number of benzene rings is 2. The Morgan fingerprint density at radius 3 is 0.563 bits per heavy atom. The van der Waals surface area contributed by atoms with Gasteiger partial charge < -0.3 is 117 Å². The van der Waals surface area contributed by atoms with Crippen LogP contribution in [0.25, 0.3) is 0 Å². The van der Waals surface area contributed by atoms with Crippen molar-refractivity contribution >= 4 is 73.8 Å². The lowest BCUT2D eigenvalue weighted by molar-refractivity contribution is -0.129. The van der Waals surface area contributed by atoms with Crippen LogP contribution < -0.4 is 58.6 Å². The highest BCUT2D eigenvalue weighted by Crippen LogP contribution is 2.07. The highest BCUT2D eigenvalue weighted by atomic mass is 16.3. The molecule has 0 bridgehead atoms. The molecule has 3 rings (SSSR count). The average molecular weight is 1280 g/mol. The maximum absolute atomic E-state index is 10.7. The van der Waals surface area contributed by atoms with Crippen LogP contribution in [-0.4, -0.2) is 152 Å². The molecule has 2 aromatic carbocycles. The Morgan fingerprint density at radius 2 is 0.494 bits per heavy atom. The molecule has 0 atom stereocenters. The van der Waals surface area contributed by atoms with Crippen molar-refractivity contribution in [3.63, 3.8) is 0 Å². The van der Waals surface area contributed by atoms with Crippen LogP contribution in [0.3, 0.4) is 0 Å². The number of piperidine rings is 1. The van der Waals surface area contributed by atoms with E-state index in [4.69, 9.17) is 53.1 Å². The summed E-state index contributed by atoms with van der Waals surface area (Å²) in [6.07, 6.45) is 9.71. The number of carbonyl (C=O) groups excluding carboxylic acids is 11. The van der Waals surface area contributed by atoms with E-state index in [0.29, 0.717) is 0 Å². The maximum atomic E-state index is 10.7. The van der Waals surface area contributed by atoms with E-state index in [1.807, 2.05) is 126 Å². The summed E-state index contributed by atoms with van der Waals surface area (Å²) >= 11 is 0. The van der Waals surface area contributed by atoms with Crippen molar-refractivity contribution in [3.05, 3.63) is 71.8 Å². The van der Waals surface area contributed by atoms with Gasteiger partial charge in [-0.05, 0) is 124 Å². The zero-order chi connectivity index (χ0) is 74.8. The smallest absolute Gasteiger partial charge is 0.219 e. The lowest BCUT2D eigenvalue weighted by atomic mass is 10.1. The Kier molecular flexibility index (Phi) is 705. The molecule has 0 spiro atoms. The summed E-state index contributed by atoms with van der Waals surface area (Å²) in [6, 6.07) is 20.9.